The maximum Gasteiger partial charge on any atom is 0.573 e. The maximum absolute atomic E-state index is 13.4. The molecule has 2 aromatic carbocycles. The average molecular weight is 525 g/mol. The SMILES string of the molecule is CCCc1noc(-c2ncn3c2Cc2c(Cc4ccc(F)cc4)nnn2-c2cc(OC(F)(F)F)ccc2-3)n1. The maximum atomic E-state index is 13.4. The lowest BCUT2D eigenvalue weighted by atomic mass is 10.1. The molecule has 0 fully saturated rings. The van der Waals surface area contributed by atoms with Crippen LogP contribution in [0.1, 0.15) is 41.8 Å². The fourth-order valence-electron chi connectivity index (χ4n) is 4.47. The normalized spacial score (nSPS) is 12.6. The topological polar surface area (TPSA) is 96.7 Å². The highest BCUT2D eigenvalue weighted by molar-refractivity contribution is 5.63. The van der Waals surface area contributed by atoms with Crippen molar-refractivity contribution in [2.24, 2.45) is 0 Å². The van der Waals surface area contributed by atoms with Crippen molar-refractivity contribution in [1.82, 2.24) is 34.7 Å². The molecule has 1 aliphatic rings. The largest absolute Gasteiger partial charge is 0.573 e. The van der Waals surface area contributed by atoms with Crippen molar-refractivity contribution in [2.75, 3.05) is 0 Å². The highest BCUT2D eigenvalue weighted by Gasteiger charge is 2.33. The van der Waals surface area contributed by atoms with Crippen molar-refractivity contribution in [2.45, 2.75) is 39.0 Å². The van der Waals surface area contributed by atoms with Crippen molar-refractivity contribution in [3.05, 3.63) is 83.1 Å². The molecule has 0 unspecified atom stereocenters. The molecule has 5 aromatic rings. The van der Waals surface area contributed by atoms with Gasteiger partial charge in [-0.15, -0.1) is 18.3 Å². The second-order valence-electron chi connectivity index (χ2n) is 8.75. The van der Waals surface area contributed by atoms with E-state index in [2.05, 4.69) is 30.2 Å². The summed E-state index contributed by atoms with van der Waals surface area (Å²) in [6, 6.07) is 9.97. The number of alkyl halides is 3. The number of hydrogen-bond acceptors (Lipinski definition) is 7. The van der Waals surface area contributed by atoms with Gasteiger partial charge in [-0.1, -0.05) is 29.4 Å². The van der Waals surface area contributed by atoms with E-state index in [-0.39, 0.29) is 18.1 Å². The molecule has 0 atom stereocenters. The fraction of sp³-hybridized carbons (Fsp3) is 0.240. The monoisotopic (exact) mass is 525 g/mol. The van der Waals surface area contributed by atoms with Gasteiger partial charge in [0.25, 0.3) is 5.89 Å². The average Bonchev–Trinajstić information content (AvgIpc) is 3.58. The number of fused-ring (bicyclic) bond motifs is 5. The summed E-state index contributed by atoms with van der Waals surface area (Å²) in [5.74, 6) is 0.0256. The van der Waals surface area contributed by atoms with E-state index in [1.807, 2.05) is 6.92 Å². The van der Waals surface area contributed by atoms with Crippen LogP contribution in [0.5, 0.6) is 5.75 Å². The molecule has 0 aliphatic carbocycles. The molecule has 0 amide bonds. The molecule has 0 saturated carbocycles. The summed E-state index contributed by atoms with van der Waals surface area (Å²) in [7, 11) is 0. The summed E-state index contributed by atoms with van der Waals surface area (Å²) in [5, 5.41) is 12.6. The number of nitrogens with zero attached hydrogens (tertiary/aromatic N) is 7. The smallest absolute Gasteiger partial charge is 0.406 e. The zero-order valence-corrected chi connectivity index (χ0v) is 19.9. The minimum atomic E-state index is -4.86. The highest BCUT2D eigenvalue weighted by atomic mass is 19.4. The van der Waals surface area contributed by atoms with E-state index in [9.17, 15) is 17.6 Å². The Labute approximate surface area is 212 Å². The molecule has 0 bridgehead atoms. The van der Waals surface area contributed by atoms with Crippen LogP contribution in [-0.4, -0.2) is 41.0 Å². The Morgan fingerprint density at radius 3 is 2.63 bits per heavy atom. The minimum Gasteiger partial charge on any atom is -0.406 e. The lowest BCUT2D eigenvalue weighted by molar-refractivity contribution is -0.274. The van der Waals surface area contributed by atoms with E-state index in [0.717, 1.165) is 12.0 Å². The fourth-order valence-corrected chi connectivity index (χ4v) is 4.47. The van der Waals surface area contributed by atoms with E-state index in [4.69, 9.17) is 4.52 Å². The first-order valence-corrected chi connectivity index (χ1v) is 11.8. The molecule has 3 aromatic heterocycles. The first-order chi connectivity index (χ1) is 18.3. The number of benzene rings is 2. The lowest BCUT2D eigenvalue weighted by Gasteiger charge is -2.13. The van der Waals surface area contributed by atoms with Crippen LogP contribution >= 0.6 is 0 Å². The van der Waals surface area contributed by atoms with Crippen LogP contribution in [0.2, 0.25) is 0 Å². The van der Waals surface area contributed by atoms with Gasteiger partial charge in [-0.2, -0.15) is 4.98 Å². The molecule has 0 saturated heterocycles. The quantitative estimate of drug-likeness (QED) is 0.283. The van der Waals surface area contributed by atoms with Gasteiger partial charge in [-0.3, -0.25) is 4.57 Å². The molecule has 0 spiro atoms. The van der Waals surface area contributed by atoms with Gasteiger partial charge in [0.2, 0.25) is 0 Å². The third-order valence-corrected chi connectivity index (χ3v) is 6.14. The minimum absolute atomic E-state index is 0.238. The Balaban J connectivity index is 1.50. The van der Waals surface area contributed by atoms with Gasteiger partial charge in [0.15, 0.2) is 11.5 Å². The zero-order chi connectivity index (χ0) is 26.4. The standard InChI is InChI=1S/C25H19F4N7O2/c1-2-3-22-31-24(38-33-22)23-21-12-19-17(10-14-4-6-15(26)7-5-14)32-34-36(19)20-11-16(37-25(27,28)29)8-9-18(20)35(21)13-30-23/h4-9,11,13H,2-3,10,12H2,1H3. The third-order valence-electron chi connectivity index (χ3n) is 6.14. The molecule has 9 nitrogen and oxygen atoms in total. The van der Waals surface area contributed by atoms with Crippen molar-refractivity contribution in [1.29, 1.82) is 0 Å². The number of aromatic nitrogens is 7. The van der Waals surface area contributed by atoms with Crippen LogP contribution in [0.4, 0.5) is 17.6 Å². The van der Waals surface area contributed by atoms with Crippen LogP contribution in [0.25, 0.3) is 23.0 Å². The van der Waals surface area contributed by atoms with Crippen molar-refractivity contribution < 1.29 is 26.8 Å². The number of ether oxygens (including phenoxy) is 1. The molecule has 6 rings (SSSR count). The Hall–Kier alpha value is -4.55. The van der Waals surface area contributed by atoms with Gasteiger partial charge < -0.3 is 9.26 Å². The Bertz CT molecular complexity index is 1620. The summed E-state index contributed by atoms with van der Waals surface area (Å²) in [6.45, 7) is 2.00. The van der Waals surface area contributed by atoms with Crippen molar-refractivity contribution in [3.8, 4) is 28.7 Å². The molecule has 38 heavy (non-hydrogen) atoms. The van der Waals surface area contributed by atoms with Gasteiger partial charge in [-0.05, 0) is 36.2 Å². The second-order valence-corrected chi connectivity index (χ2v) is 8.75. The summed E-state index contributed by atoms with van der Waals surface area (Å²) in [5.41, 5.74) is 3.94. The number of aryl methyl sites for hydroxylation is 1. The molecule has 1 aliphatic heterocycles. The molecular formula is C25H19F4N7O2. The van der Waals surface area contributed by atoms with Gasteiger partial charge in [0.05, 0.1) is 28.5 Å². The van der Waals surface area contributed by atoms with E-state index in [0.29, 0.717) is 52.8 Å². The number of rotatable bonds is 6. The first-order valence-electron chi connectivity index (χ1n) is 11.8. The van der Waals surface area contributed by atoms with Gasteiger partial charge in [0.1, 0.15) is 17.9 Å². The molecular weight excluding hydrogens is 506 g/mol. The highest BCUT2D eigenvalue weighted by Crippen LogP contribution is 2.36. The Kier molecular flexibility index (Phi) is 5.69. The number of hydrogen-bond donors (Lipinski definition) is 0. The zero-order valence-electron chi connectivity index (χ0n) is 19.9. The first kappa shape index (κ1) is 23.8. The second kappa shape index (κ2) is 9.08. The predicted octanol–water partition coefficient (Wildman–Crippen LogP) is 4.99. The van der Waals surface area contributed by atoms with Crippen LogP contribution in [0.15, 0.2) is 53.3 Å². The van der Waals surface area contributed by atoms with E-state index < -0.39 is 12.1 Å². The predicted molar refractivity (Wildman–Crippen MR) is 124 cm³/mol. The van der Waals surface area contributed by atoms with E-state index >= 15 is 0 Å². The third kappa shape index (κ3) is 4.40. The Morgan fingerprint density at radius 2 is 1.87 bits per heavy atom. The summed E-state index contributed by atoms with van der Waals surface area (Å²) < 4.78 is 65.3. The van der Waals surface area contributed by atoms with Crippen molar-refractivity contribution in [3.63, 3.8) is 0 Å². The van der Waals surface area contributed by atoms with Crippen LogP contribution < -0.4 is 4.74 Å². The van der Waals surface area contributed by atoms with Gasteiger partial charge >= 0.3 is 6.36 Å². The molecule has 194 valence electrons. The summed E-state index contributed by atoms with van der Waals surface area (Å²) in [4.78, 5) is 8.97. The van der Waals surface area contributed by atoms with E-state index in [1.54, 1.807) is 23.0 Å². The number of halogens is 4. The van der Waals surface area contributed by atoms with E-state index in [1.165, 1.54) is 35.0 Å². The van der Waals surface area contributed by atoms with Crippen LogP contribution in [-0.2, 0) is 19.3 Å². The number of imidazole rings is 1. The summed E-state index contributed by atoms with van der Waals surface area (Å²) in [6.07, 6.45) is -1.24. The lowest BCUT2D eigenvalue weighted by Crippen LogP contribution is -2.17. The molecule has 13 heteroatoms. The van der Waals surface area contributed by atoms with Crippen molar-refractivity contribution >= 4 is 0 Å². The van der Waals surface area contributed by atoms with Crippen LogP contribution in [0, 0.1) is 5.82 Å². The van der Waals surface area contributed by atoms with Gasteiger partial charge in [0, 0.05) is 25.3 Å². The molecule has 4 heterocycles. The molecule has 0 N–H and O–H groups in total. The Morgan fingerprint density at radius 1 is 1.05 bits per heavy atom. The molecule has 0 radical (unpaired) electrons. The van der Waals surface area contributed by atoms with Crippen LogP contribution in [0.3, 0.4) is 0 Å². The summed E-state index contributed by atoms with van der Waals surface area (Å²) >= 11 is 0. The van der Waals surface area contributed by atoms with Gasteiger partial charge in [-0.25, -0.2) is 14.1 Å².